The first kappa shape index (κ1) is 19.0. The molecular weight excluding hydrogens is 334 g/mol. The van der Waals surface area contributed by atoms with Crippen LogP contribution in [0.2, 0.25) is 0 Å². The van der Waals surface area contributed by atoms with Crippen LogP contribution in [-0.4, -0.2) is 20.6 Å². The molecule has 3 N–H and O–H groups in total. The molecule has 0 atom stereocenters. The summed E-state index contributed by atoms with van der Waals surface area (Å²) in [5, 5.41) is 3.22. The SMILES string of the molecule is CCc1cccc(CC)c1NC(N)=NCc1ccc(S(C)(=O)=O)cc1. The zero-order valence-electron chi connectivity index (χ0n) is 14.9. The molecule has 0 bridgehead atoms. The Morgan fingerprint density at radius 1 is 1.04 bits per heavy atom. The number of benzene rings is 2. The van der Waals surface area contributed by atoms with Crippen LogP contribution >= 0.6 is 0 Å². The van der Waals surface area contributed by atoms with Crippen LogP contribution in [-0.2, 0) is 29.2 Å². The molecule has 0 saturated heterocycles. The van der Waals surface area contributed by atoms with E-state index in [2.05, 4.69) is 42.4 Å². The number of sulfone groups is 1. The quantitative estimate of drug-likeness (QED) is 0.613. The summed E-state index contributed by atoms with van der Waals surface area (Å²) in [5.74, 6) is 0.350. The van der Waals surface area contributed by atoms with E-state index in [0.29, 0.717) is 17.4 Å². The number of guanidine groups is 1. The molecular formula is C19H25N3O2S. The van der Waals surface area contributed by atoms with Crippen LogP contribution in [0.3, 0.4) is 0 Å². The maximum atomic E-state index is 11.5. The summed E-state index contributed by atoms with van der Waals surface area (Å²) in [4.78, 5) is 4.67. The van der Waals surface area contributed by atoms with E-state index in [-0.39, 0.29) is 0 Å². The smallest absolute Gasteiger partial charge is 0.193 e. The van der Waals surface area contributed by atoms with Gasteiger partial charge in [0.2, 0.25) is 0 Å². The highest BCUT2D eigenvalue weighted by Crippen LogP contribution is 2.22. The van der Waals surface area contributed by atoms with Gasteiger partial charge in [0.05, 0.1) is 11.4 Å². The molecule has 2 rings (SSSR count). The fraction of sp³-hybridized carbons (Fsp3) is 0.316. The van der Waals surface area contributed by atoms with Crippen molar-refractivity contribution in [1.82, 2.24) is 0 Å². The molecule has 2 aromatic rings. The molecule has 0 aliphatic heterocycles. The van der Waals surface area contributed by atoms with E-state index in [0.717, 1.165) is 24.1 Å². The Morgan fingerprint density at radius 2 is 1.60 bits per heavy atom. The Labute approximate surface area is 149 Å². The fourth-order valence-electron chi connectivity index (χ4n) is 2.59. The van der Waals surface area contributed by atoms with E-state index >= 15 is 0 Å². The molecule has 0 spiro atoms. The van der Waals surface area contributed by atoms with Gasteiger partial charge in [-0.2, -0.15) is 0 Å². The van der Waals surface area contributed by atoms with E-state index < -0.39 is 9.84 Å². The average molecular weight is 359 g/mol. The van der Waals surface area contributed by atoms with E-state index in [1.807, 2.05) is 0 Å². The number of nitrogens with two attached hydrogens (primary N) is 1. The van der Waals surface area contributed by atoms with Crippen molar-refractivity contribution in [1.29, 1.82) is 0 Å². The number of hydrogen-bond acceptors (Lipinski definition) is 3. The third kappa shape index (κ3) is 5.06. The minimum atomic E-state index is -3.18. The van der Waals surface area contributed by atoms with Crippen molar-refractivity contribution in [2.24, 2.45) is 10.7 Å². The molecule has 0 saturated carbocycles. The molecule has 0 unspecified atom stereocenters. The maximum Gasteiger partial charge on any atom is 0.193 e. The maximum absolute atomic E-state index is 11.5. The van der Waals surface area contributed by atoms with Crippen molar-refractivity contribution in [3.05, 3.63) is 59.2 Å². The Kier molecular flexibility index (Phi) is 6.20. The van der Waals surface area contributed by atoms with Crippen LogP contribution in [0.4, 0.5) is 5.69 Å². The van der Waals surface area contributed by atoms with E-state index in [1.54, 1.807) is 24.3 Å². The number of para-hydroxylation sites is 1. The van der Waals surface area contributed by atoms with Gasteiger partial charge in [-0.05, 0) is 41.7 Å². The lowest BCUT2D eigenvalue weighted by Gasteiger charge is -2.14. The minimum Gasteiger partial charge on any atom is -0.370 e. The number of nitrogens with one attached hydrogen (secondary N) is 1. The number of nitrogens with zero attached hydrogens (tertiary/aromatic N) is 1. The number of anilines is 1. The second-order valence-electron chi connectivity index (χ2n) is 5.90. The summed E-state index contributed by atoms with van der Waals surface area (Å²) in [7, 11) is -3.18. The highest BCUT2D eigenvalue weighted by Gasteiger charge is 2.08. The number of rotatable bonds is 6. The van der Waals surface area contributed by atoms with Crippen molar-refractivity contribution in [2.45, 2.75) is 38.1 Å². The highest BCUT2D eigenvalue weighted by molar-refractivity contribution is 7.90. The van der Waals surface area contributed by atoms with Gasteiger partial charge >= 0.3 is 0 Å². The molecule has 5 nitrogen and oxygen atoms in total. The first-order valence-electron chi connectivity index (χ1n) is 8.31. The molecule has 134 valence electrons. The van der Waals surface area contributed by atoms with Crippen molar-refractivity contribution in [3.8, 4) is 0 Å². The molecule has 0 amide bonds. The summed E-state index contributed by atoms with van der Waals surface area (Å²) in [6, 6.07) is 12.9. The van der Waals surface area contributed by atoms with Crippen molar-refractivity contribution >= 4 is 21.5 Å². The van der Waals surface area contributed by atoms with Crippen molar-refractivity contribution in [2.75, 3.05) is 11.6 Å². The van der Waals surface area contributed by atoms with E-state index in [9.17, 15) is 8.42 Å². The van der Waals surface area contributed by atoms with Gasteiger partial charge in [-0.3, -0.25) is 0 Å². The zero-order chi connectivity index (χ0) is 18.4. The molecule has 0 aliphatic rings. The Morgan fingerprint density at radius 3 is 2.08 bits per heavy atom. The van der Waals surface area contributed by atoms with E-state index in [4.69, 9.17) is 5.73 Å². The van der Waals surface area contributed by atoms with Crippen LogP contribution < -0.4 is 11.1 Å². The second kappa shape index (κ2) is 8.16. The van der Waals surface area contributed by atoms with Gasteiger partial charge in [0, 0.05) is 11.9 Å². The monoisotopic (exact) mass is 359 g/mol. The predicted octanol–water partition coefficient (Wildman–Crippen LogP) is 3.14. The number of aryl methyl sites for hydroxylation is 2. The van der Waals surface area contributed by atoms with Gasteiger partial charge < -0.3 is 11.1 Å². The molecule has 25 heavy (non-hydrogen) atoms. The summed E-state index contributed by atoms with van der Waals surface area (Å²) in [5.41, 5.74) is 10.4. The Hall–Kier alpha value is -2.34. The lowest BCUT2D eigenvalue weighted by atomic mass is 10.0. The first-order chi connectivity index (χ1) is 11.8. The molecule has 0 radical (unpaired) electrons. The van der Waals surface area contributed by atoms with Crippen molar-refractivity contribution < 1.29 is 8.42 Å². The van der Waals surface area contributed by atoms with Crippen molar-refractivity contribution in [3.63, 3.8) is 0 Å². The molecule has 0 fully saturated rings. The van der Waals surface area contributed by atoms with Gasteiger partial charge in [0.15, 0.2) is 15.8 Å². The normalized spacial score (nSPS) is 12.2. The summed E-state index contributed by atoms with van der Waals surface area (Å²) in [6.07, 6.45) is 3.02. The van der Waals surface area contributed by atoms with Gasteiger partial charge in [-0.15, -0.1) is 0 Å². The minimum absolute atomic E-state index is 0.302. The number of hydrogen-bond donors (Lipinski definition) is 2. The first-order valence-corrected chi connectivity index (χ1v) is 10.2. The number of aliphatic imine (C=N–C) groups is 1. The predicted molar refractivity (Wildman–Crippen MR) is 104 cm³/mol. The van der Waals surface area contributed by atoms with E-state index in [1.165, 1.54) is 17.4 Å². The summed E-state index contributed by atoms with van der Waals surface area (Å²) >= 11 is 0. The topological polar surface area (TPSA) is 84.5 Å². The average Bonchev–Trinajstić information content (AvgIpc) is 2.59. The van der Waals surface area contributed by atoms with Gasteiger partial charge in [0.1, 0.15) is 0 Å². The van der Waals surface area contributed by atoms with Crippen LogP contribution in [0.5, 0.6) is 0 Å². The summed E-state index contributed by atoms with van der Waals surface area (Å²) in [6.45, 7) is 4.60. The second-order valence-corrected chi connectivity index (χ2v) is 7.92. The largest absolute Gasteiger partial charge is 0.370 e. The zero-order valence-corrected chi connectivity index (χ0v) is 15.7. The van der Waals surface area contributed by atoms with Gasteiger partial charge in [-0.1, -0.05) is 44.2 Å². The molecule has 0 aliphatic carbocycles. The lowest BCUT2D eigenvalue weighted by molar-refractivity contribution is 0.602. The third-order valence-electron chi connectivity index (χ3n) is 4.04. The standard InChI is InChI=1S/C19H25N3O2S/c1-4-15-7-6-8-16(5-2)18(15)22-19(20)21-13-14-9-11-17(12-10-14)25(3,23)24/h6-12H,4-5,13H2,1-3H3,(H3,20,21,22). The Bertz CT molecular complexity index is 834. The third-order valence-corrected chi connectivity index (χ3v) is 5.16. The molecule has 2 aromatic carbocycles. The van der Waals surface area contributed by atoms with Crippen LogP contribution in [0.15, 0.2) is 52.4 Å². The Balaban J connectivity index is 2.13. The molecule has 0 heterocycles. The van der Waals surface area contributed by atoms with Gasteiger partial charge in [-0.25, -0.2) is 13.4 Å². The van der Waals surface area contributed by atoms with Crippen LogP contribution in [0, 0.1) is 0 Å². The molecule has 6 heteroatoms. The highest BCUT2D eigenvalue weighted by atomic mass is 32.2. The van der Waals surface area contributed by atoms with Gasteiger partial charge in [0.25, 0.3) is 0 Å². The summed E-state index contributed by atoms with van der Waals surface area (Å²) < 4.78 is 23.0. The molecule has 0 aromatic heterocycles. The fourth-order valence-corrected chi connectivity index (χ4v) is 3.22. The van der Waals surface area contributed by atoms with Crippen LogP contribution in [0.25, 0.3) is 0 Å². The van der Waals surface area contributed by atoms with Crippen LogP contribution in [0.1, 0.15) is 30.5 Å². The lowest BCUT2D eigenvalue weighted by Crippen LogP contribution is -2.24.